The molecule has 30 heavy (non-hydrogen) atoms. The van der Waals surface area contributed by atoms with Crippen molar-refractivity contribution in [1.82, 2.24) is 0 Å². The number of anilines is 1. The highest BCUT2D eigenvalue weighted by molar-refractivity contribution is 9.10. The van der Waals surface area contributed by atoms with Gasteiger partial charge in [-0.2, -0.15) is 0 Å². The van der Waals surface area contributed by atoms with Gasteiger partial charge in [0, 0.05) is 9.35 Å². The van der Waals surface area contributed by atoms with E-state index in [1.165, 1.54) is 36.2 Å². The summed E-state index contributed by atoms with van der Waals surface area (Å²) >= 11 is 4.92. The highest BCUT2D eigenvalue weighted by Gasteiger charge is 2.27. The van der Waals surface area contributed by atoms with Crippen LogP contribution in [0.25, 0.3) is 0 Å². The third-order valence-electron chi connectivity index (χ3n) is 5.23. The van der Waals surface area contributed by atoms with Gasteiger partial charge in [-0.05, 0) is 55.9 Å². The second-order valence-corrected chi connectivity index (χ2v) is 9.43. The number of halogens is 1. The first kappa shape index (κ1) is 22.8. The van der Waals surface area contributed by atoms with Gasteiger partial charge in [0.1, 0.15) is 10.8 Å². The lowest BCUT2D eigenvalue weighted by Crippen LogP contribution is -2.16. The number of nitrogens with one attached hydrogen (secondary N) is 1. The van der Waals surface area contributed by atoms with Gasteiger partial charge in [0.25, 0.3) is 5.91 Å². The third kappa shape index (κ3) is 5.43. The number of unbranched alkanes of at least 4 members (excludes halogenated alkanes) is 3. The lowest BCUT2D eigenvalue weighted by atomic mass is 9.95. The van der Waals surface area contributed by atoms with Crippen molar-refractivity contribution in [3.05, 3.63) is 44.2 Å². The molecule has 1 N–H and O–H groups in total. The van der Waals surface area contributed by atoms with Crippen molar-refractivity contribution < 1.29 is 19.1 Å². The highest BCUT2D eigenvalue weighted by atomic mass is 79.9. The first-order chi connectivity index (χ1) is 14.5. The summed E-state index contributed by atoms with van der Waals surface area (Å²) in [4.78, 5) is 26.7. The molecule has 0 aliphatic heterocycles. The maximum atomic E-state index is 13.1. The molecule has 1 aromatic carbocycles. The van der Waals surface area contributed by atoms with Gasteiger partial charge in [-0.15, -0.1) is 11.3 Å². The van der Waals surface area contributed by atoms with Crippen LogP contribution in [-0.4, -0.2) is 25.6 Å². The van der Waals surface area contributed by atoms with Gasteiger partial charge in [-0.25, -0.2) is 4.79 Å². The third-order valence-corrected chi connectivity index (χ3v) is 6.93. The van der Waals surface area contributed by atoms with Crippen molar-refractivity contribution in [3.63, 3.8) is 0 Å². The molecule has 7 heteroatoms. The van der Waals surface area contributed by atoms with Gasteiger partial charge in [0.15, 0.2) is 0 Å². The predicted molar refractivity (Wildman–Crippen MR) is 124 cm³/mol. The van der Waals surface area contributed by atoms with Crippen LogP contribution in [0.2, 0.25) is 0 Å². The van der Waals surface area contributed by atoms with Gasteiger partial charge in [-0.1, -0.05) is 42.1 Å². The van der Waals surface area contributed by atoms with Crippen LogP contribution >= 0.6 is 27.3 Å². The van der Waals surface area contributed by atoms with Crippen LogP contribution in [0.5, 0.6) is 5.75 Å². The Kier molecular flexibility index (Phi) is 8.33. The Bertz CT molecular complexity index is 909. The first-order valence-corrected chi connectivity index (χ1v) is 12.1. The maximum Gasteiger partial charge on any atom is 0.341 e. The summed E-state index contributed by atoms with van der Waals surface area (Å²) in [6, 6.07) is 5.42. The van der Waals surface area contributed by atoms with E-state index in [9.17, 15) is 9.59 Å². The summed E-state index contributed by atoms with van der Waals surface area (Å²) in [6.45, 7) is 2.74. The lowest BCUT2D eigenvalue weighted by molar-refractivity contribution is 0.0601. The van der Waals surface area contributed by atoms with Crippen molar-refractivity contribution >= 4 is 44.1 Å². The number of ether oxygens (including phenoxy) is 2. The second kappa shape index (κ2) is 11.0. The minimum atomic E-state index is -0.397. The number of rotatable bonds is 9. The quantitative estimate of drug-likeness (QED) is 0.324. The van der Waals surface area contributed by atoms with E-state index in [0.29, 0.717) is 28.5 Å². The van der Waals surface area contributed by atoms with Crippen LogP contribution in [0.4, 0.5) is 5.00 Å². The zero-order valence-electron chi connectivity index (χ0n) is 17.5. The number of fused-ring (bicyclic) bond motifs is 1. The molecule has 0 fully saturated rings. The van der Waals surface area contributed by atoms with E-state index in [1.54, 1.807) is 12.1 Å². The minimum Gasteiger partial charge on any atom is -0.493 e. The standard InChI is InChI=1S/C23H28BrNO4S/c1-3-4-5-8-13-29-18-12-11-15(24)14-17(18)21(26)25-22-20(23(27)28-2)16-9-6-7-10-19(16)30-22/h11-12,14H,3-10,13H2,1-2H3,(H,25,26). The number of esters is 1. The number of carbonyl (C=O) groups is 2. The monoisotopic (exact) mass is 493 g/mol. The number of thiophene rings is 1. The molecule has 1 amide bonds. The van der Waals surface area contributed by atoms with E-state index in [1.807, 2.05) is 6.07 Å². The smallest absolute Gasteiger partial charge is 0.341 e. The van der Waals surface area contributed by atoms with Gasteiger partial charge < -0.3 is 14.8 Å². The van der Waals surface area contributed by atoms with Crippen LogP contribution in [0.15, 0.2) is 22.7 Å². The molecule has 1 aliphatic rings. The zero-order valence-corrected chi connectivity index (χ0v) is 19.9. The number of aryl methyl sites for hydroxylation is 1. The molecule has 3 rings (SSSR count). The fourth-order valence-corrected chi connectivity index (χ4v) is 5.29. The molecule has 2 aromatic rings. The van der Waals surface area contributed by atoms with Gasteiger partial charge in [0.05, 0.1) is 24.8 Å². The van der Waals surface area contributed by atoms with E-state index >= 15 is 0 Å². The number of benzene rings is 1. The van der Waals surface area contributed by atoms with Crippen molar-refractivity contribution in [1.29, 1.82) is 0 Å². The molecule has 0 saturated heterocycles. The molecule has 1 aliphatic carbocycles. The normalized spacial score (nSPS) is 12.9. The summed E-state index contributed by atoms with van der Waals surface area (Å²) in [5.41, 5.74) is 1.97. The molecule has 0 unspecified atom stereocenters. The molecule has 1 heterocycles. The highest BCUT2D eigenvalue weighted by Crippen LogP contribution is 2.39. The molecule has 0 atom stereocenters. The number of methoxy groups -OCH3 is 1. The molecular formula is C23H28BrNO4S. The molecule has 0 saturated carbocycles. The van der Waals surface area contributed by atoms with E-state index in [0.717, 1.165) is 48.6 Å². The first-order valence-electron chi connectivity index (χ1n) is 10.5. The van der Waals surface area contributed by atoms with Gasteiger partial charge >= 0.3 is 5.97 Å². The molecule has 0 bridgehead atoms. The molecular weight excluding hydrogens is 466 g/mol. The van der Waals surface area contributed by atoms with Crippen LogP contribution < -0.4 is 10.1 Å². The topological polar surface area (TPSA) is 64.6 Å². The summed E-state index contributed by atoms with van der Waals surface area (Å²) in [5.74, 6) is -0.136. The fraction of sp³-hybridized carbons (Fsp3) is 0.478. The number of hydrogen-bond acceptors (Lipinski definition) is 5. The van der Waals surface area contributed by atoms with Crippen LogP contribution in [-0.2, 0) is 17.6 Å². The van der Waals surface area contributed by atoms with Crippen LogP contribution in [0, 0.1) is 0 Å². The Hall–Kier alpha value is -1.86. The van der Waals surface area contributed by atoms with Crippen molar-refractivity contribution in [2.45, 2.75) is 58.3 Å². The van der Waals surface area contributed by atoms with Crippen molar-refractivity contribution in [2.75, 3.05) is 19.0 Å². The van der Waals surface area contributed by atoms with Crippen molar-refractivity contribution in [2.24, 2.45) is 0 Å². The molecule has 0 spiro atoms. The average Bonchev–Trinajstić information content (AvgIpc) is 3.11. The lowest BCUT2D eigenvalue weighted by Gasteiger charge is -2.13. The van der Waals surface area contributed by atoms with Crippen molar-refractivity contribution in [3.8, 4) is 5.75 Å². The molecule has 0 radical (unpaired) electrons. The Labute approximate surface area is 190 Å². The van der Waals surface area contributed by atoms with Crippen LogP contribution in [0.1, 0.15) is 76.6 Å². The molecule has 5 nitrogen and oxygen atoms in total. The number of carbonyl (C=O) groups excluding carboxylic acids is 2. The van der Waals surface area contributed by atoms with E-state index in [4.69, 9.17) is 9.47 Å². The van der Waals surface area contributed by atoms with E-state index < -0.39 is 5.97 Å². The minimum absolute atomic E-state index is 0.288. The molecule has 1 aromatic heterocycles. The number of hydrogen-bond donors (Lipinski definition) is 1. The van der Waals surface area contributed by atoms with Gasteiger partial charge in [-0.3, -0.25) is 4.79 Å². The number of amides is 1. The summed E-state index contributed by atoms with van der Waals surface area (Å²) in [7, 11) is 1.37. The Morgan fingerprint density at radius 2 is 1.97 bits per heavy atom. The SMILES string of the molecule is CCCCCCOc1ccc(Br)cc1C(=O)Nc1sc2c(c1C(=O)OC)CCCC2. The summed E-state index contributed by atoms with van der Waals surface area (Å²) < 4.78 is 11.7. The Balaban J connectivity index is 1.81. The summed E-state index contributed by atoms with van der Waals surface area (Å²) in [5, 5.41) is 3.52. The average molecular weight is 494 g/mol. The summed E-state index contributed by atoms with van der Waals surface area (Å²) in [6.07, 6.45) is 8.33. The predicted octanol–water partition coefficient (Wildman–Crippen LogP) is 6.39. The maximum absolute atomic E-state index is 13.1. The Morgan fingerprint density at radius 3 is 2.73 bits per heavy atom. The molecule has 162 valence electrons. The van der Waals surface area contributed by atoms with Gasteiger partial charge in [0.2, 0.25) is 0 Å². The Morgan fingerprint density at radius 1 is 1.17 bits per heavy atom. The van der Waals surface area contributed by atoms with Crippen LogP contribution in [0.3, 0.4) is 0 Å². The fourth-order valence-electron chi connectivity index (χ4n) is 3.66. The largest absolute Gasteiger partial charge is 0.493 e. The van der Waals surface area contributed by atoms with E-state index in [2.05, 4.69) is 28.2 Å². The van der Waals surface area contributed by atoms with E-state index in [-0.39, 0.29) is 5.91 Å². The second-order valence-electron chi connectivity index (χ2n) is 7.41. The zero-order chi connectivity index (χ0) is 21.5.